The molecule has 1 atom stereocenters. The lowest BCUT2D eigenvalue weighted by Crippen LogP contribution is -2.43. The lowest BCUT2D eigenvalue weighted by Gasteiger charge is -2.30. The molecule has 32 heavy (non-hydrogen) atoms. The number of hydrogen-bond acceptors (Lipinski definition) is 7. The molecule has 2 aliphatic rings. The van der Waals surface area contributed by atoms with Gasteiger partial charge in [0.1, 0.15) is 0 Å². The van der Waals surface area contributed by atoms with Crippen molar-refractivity contribution in [1.29, 1.82) is 0 Å². The molecule has 0 unspecified atom stereocenters. The Balaban J connectivity index is 1.82. The molecule has 0 radical (unpaired) electrons. The standard InChI is InChI=1S/C22H33N3O6S/c1-16(21(26)23-17-7-5-4-6-8-17)31-22(27)19-15-18(32(28,29)24(2)3)9-10-20(19)25-11-13-30-14-12-25/h9-10,15-17H,4-8,11-14H2,1-3H3,(H,23,26)/t16-/m1/s1. The highest BCUT2D eigenvalue weighted by atomic mass is 32.2. The molecular formula is C22H33N3O6S. The molecule has 2 fully saturated rings. The van der Waals surface area contributed by atoms with E-state index in [4.69, 9.17) is 9.47 Å². The molecule has 1 N–H and O–H groups in total. The second-order valence-corrected chi connectivity index (χ2v) is 10.6. The van der Waals surface area contributed by atoms with Gasteiger partial charge in [0.2, 0.25) is 10.0 Å². The topological polar surface area (TPSA) is 105 Å². The Morgan fingerprint density at radius 1 is 1.16 bits per heavy atom. The van der Waals surface area contributed by atoms with Crippen molar-refractivity contribution in [2.45, 2.75) is 56.1 Å². The largest absolute Gasteiger partial charge is 0.449 e. The minimum absolute atomic E-state index is 0.00855. The van der Waals surface area contributed by atoms with E-state index in [0.717, 1.165) is 30.0 Å². The van der Waals surface area contributed by atoms with E-state index in [9.17, 15) is 18.0 Å². The fourth-order valence-corrected chi connectivity index (χ4v) is 4.90. The molecule has 1 aromatic rings. The van der Waals surface area contributed by atoms with Crippen molar-refractivity contribution >= 4 is 27.6 Å². The zero-order chi connectivity index (χ0) is 23.3. The van der Waals surface area contributed by atoms with Gasteiger partial charge in [-0.25, -0.2) is 17.5 Å². The number of hydrogen-bond donors (Lipinski definition) is 1. The fourth-order valence-electron chi connectivity index (χ4n) is 3.97. The van der Waals surface area contributed by atoms with Crippen LogP contribution in [0.15, 0.2) is 23.1 Å². The van der Waals surface area contributed by atoms with E-state index < -0.39 is 22.1 Å². The van der Waals surface area contributed by atoms with Gasteiger partial charge in [-0.3, -0.25) is 4.79 Å². The van der Waals surface area contributed by atoms with E-state index >= 15 is 0 Å². The van der Waals surface area contributed by atoms with Crippen molar-refractivity contribution in [1.82, 2.24) is 9.62 Å². The van der Waals surface area contributed by atoms with Gasteiger partial charge in [0, 0.05) is 33.2 Å². The summed E-state index contributed by atoms with van der Waals surface area (Å²) in [5, 5.41) is 2.96. The molecule has 1 amide bonds. The van der Waals surface area contributed by atoms with Gasteiger partial charge in [-0.2, -0.15) is 0 Å². The Hall–Kier alpha value is -2.17. The van der Waals surface area contributed by atoms with Crippen LogP contribution >= 0.6 is 0 Å². The summed E-state index contributed by atoms with van der Waals surface area (Å²) in [5.41, 5.74) is 0.683. The Morgan fingerprint density at radius 3 is 2.44 bits per heavy atom. The quantitative estimate of drug-likeness (QED) is 0.609. The van der Waals surface area contributed by atoms with Crippen molar-refractivity contribution in [3.63, 3.8) is 0 Å². The number of carbonyl (C=O) groups excluding carboxylic acids is 2. The van der Waals surface area contributed by atoms with Crippen LogP contribution in [0.1, 0.15) is 49.4 Å². The van der Waals surface area contributed by atoms with Crippen LogP contribution in [0, 0.1) is 0 Å². The highest BCUT2D eigenvalue weighted by Crippen LogP contribution is 2.27. The lowest BCUT2D eigenvalue weighted by atomic mass is 9.95. The molecule has 1 aliphatic carbocycles. The van der Waals surface area contributed by atoms with Crippen LogP contribution in [0.5, 0.6) is 0 Å². The van der Waals surface area contributed by atoms with Gasteiger partial charge in [-0.1, -0.05) is 19.3 Å². The summed E-state index contributed by atoms with van der Waals surface area (Å²) in [5.74, 6) is -1.07. The second kappa shape index (κ2) is 10.6. The molecule has 0 bridgehead atoms. The first-order chi connectivity index (χ1) is 15.2. The average Bonchev–Trinajstić information content (AvgIpc) is 2.79. The first kappa shape index (κ1) is 24.5. The summed E-state index contributed by atoms with van der Waals surface area (Å²) in [7, 11) is -0.878. The van der Waals surface area contributed by atoms with Crippen LogP contribution in [-0.2, 0) is 24.3 Å². The minimum Gasteiger partial charge on any atom is -0.449 e. The molecule has 1 heterocycles. The molecular weight excluding hydrogens is 434 g/mol. The first-order valence-corrected chi connectivity index (χ1v) is 12.5. The second-order valence-electron chi connectivity index (χ2n) is 8.46. The van der Waals surface area contributed by atoms with E-state index in [1.54, 1.807) is 6.07 Å². The third-order valence-corrected chi connectivity index (χ3v) is 7.73. The Labute approximate surface area is 190 Å². The molecule has 0 aromatic heterocycles. The fraction of sp³-hybridized carbons (Fsp3) is 0.636. The molecule has 0 spiro atoms. The predicted octanol–water partition coefficient (Wildman–Crippen LogP) is 1.77. The number of rotatable bonds is 7. The number of benzene rings is 1. The number of carbonyl (C=O) groups is 2. The van der Waals surface area contributed by atoms with Crippen LogP contribution in [0.25, 0.3) is 0 Å². The predicted molar refractivity (Wildman–Crippen MR) is 120 cm³/mol. The number of amides is 1. The summed E-state index contributed by atoms with van der Waals surface area (Å²) in [6.45, 7) is 3.68. The first-order valence-electron chi connectivity index (χ1n) is 11.1. The third-order valence-electron chi connectivity index (χ3n) is 5.92. The number of esters is 1. The van der Waals surface area contributed by atoms with E-state index in [2.05, 4.69) is 5.32 Å². The Bertz CT molecular complexity index is 922. The zero-order valence-corrected chi connectivity index (χ0v) is 19.8. The maximum absolute atomic E-state index is 13.1. The smallest absolute Gasteiger partial charge is 0.341 e. The van der Waals surface area contributed by atoms with Crippen molar-refractivity contribution in [2.24, 2.45) is 0 Å². The molecule has 1 aliphatic heterocycles. The SMILES string of the molecule is C[C@@H](OC(=O)c1cc(S(=O)(=O)N(C)C)ccc1N1CCOCC1)C(=O)NC1CCCCC1. The van der Waals surface area contributed by atoms with Crippen LogP contribution in [-0.4, -0.2) is 77.1 Å². The number of sulfonamides is 1. The van der Waals surface area contributed by atoms with Crippen LogP contribution < -0.4 is 10.2 Å². The van der Waals surface area contributed by atoms with Crippen molar-refractivity contribution in [3.8, 4) is 0 Å². The third kappa shape index (κ3) is 5.79. The number of anilines is 1. The van der Waals surface area contributed by atoms with Crippen LogP contribution in [0.3, 0.4) is 0 Å². The highest BCUT2D eigenvalue weighted by Gasteiger charge is 2.28. The van der Waals surface area contributed by atoms with Crippen molar-refractivity contribution < 1.29 is 27.5 Å². The van der Waals surface area contributed by atoms with Gasteiger partial charge >= 0.3 is 5.97 Å². The molecule has 9 nitrogen and oxygen atoms in total. The summed E-state index contributed by atoms with van der Waals surface area (Å²) in [6, 6.07) is 4.53. The normalized spacial score (nSPS) is 18.9. The maximum Gasteiger partial charge on any atom is 0.341 e. The van der Waals surface area contributed by atoms with E-state index in [0.29, 0.717) is 32.0 Å². The van der Waals surface area contributed by atoms with Gasteiger partial charge in [-0.05, 0) is 38.0 Å². The molecule has 178 valence electrons. The Morgan fingerprint density at radius 2 is 1.81 bits per heavy atom. The van der Waals surface area contributed by atoms with Gasteiger partial charge in [0.15, 0.2) is 6.10 Å². The van der Waals surface area contributed by atoms with E-state index in [1.165, 1.54) is 39.6 Å². The van der Waals surface area contributed by atoms with E-state index in [-0.39, 0.29) is 22.4 Å². The van der Waals surface area contributed by atoms with Gasteiger partial charge in [0.05, 0.1) is 29.4 Å². The minimum atomic E-state index is -3.74. The van der Waals surface area contributed by atoms with Crippen LogP contribution in [0.2, 0.25) is 0 Å². The number of nitrogens with one attached hydrogen (secondary N) is 1. The van der Waals surface area contributed by atoms with E-state index in [1.807, 2.05) is 4.90 Å². The number of nitrogens with zero attached hydrogens (tertiary/aromatic N) is 2. The molecule has 1 aromatic carbocycles. The van der Waals surface area contributed by atoms with Gasteiger partial charge in [-0.15, -0.1) is 0 Å². The average molecular weight is 468 g/mol. The van der Waals surface area contributed by atoms with Gasteiger partial charge < -0.3 is 19.7 Å². The molecule has 1 saturated carbocycles. The summed E-state index contributed by atoms with van der Waals surface area (Å²) >= 11 is 0. The highest BCUT2D eigenvalue weighted by molar-refractivity contribution is 7.89. The van der Waals surface area contributed by atoms with Crippen molar-refractivity contribution in [3.05, 3.63) is 23.8 Å². The molecule has 10 heteroatoms. The number of ether oxygens (including phenoxy) is 2. The summed E-state index contributed by atoms with van der Waals surface area (Å²) in [4.78, 5) is 27.6. The maximum atomic E-state index is 13.1. The summed E-state index contributed by atoms with van der Waals surface area (Å²) in [6.07, 6.45) is 4.20. The molecule has 1 saturated heterocycles. The monoisotopic (exact) mass is 467 g/mol. The van der Waals surface area contributed by atoms with Crippen LogP contribution in [0.4, 0.5) is 5.69 Å². The van der Waals surface area contributed by atoms with Crippen molar-refractivity contribution in [2.75, 3.05) is 45.3 Å². The van der Waals surface area contributed by atoms with Gasteiger partial charge in [0.25, 0.3) is 5.91 Å². The molecule has 3 rings (SSSR count). The number of morpholine rings is 1. The zero-order valence-electron chi connectivity index (χ0n) is 19.0. The Kier molecular flexibility index (Phi) is 8.13. The summed E-state index contributed by atoms with van der Waals surface area (Å²) < 4.78 is 37.2. The lowest BCUT2D eigenvalue weighted by molar-refractivity contribution is -0.130.